The molecule has 3 aromatic rings. The van der Waals surface area contributed by atoms with Crippen LogP contribution in [0.2, 0.25) is 5.02 Å². The maximum Gasteiger partial charge on any atom is 0.318 e. The molecule has 0 saturated carbocycles. The van der Waals surface area contributed by atoms with E-state index >= 15 is 0 Å². The average molecular weight is 636 g/mol. The van der Waals surface area contributed by atoms with Gasteiger partial charge in [-0.25, -0.2) is 8.78 Å². The Balaban J connectivity index is 1.32. The van der Waals surface area contributed by atoms with Gasteiger partial charge in [-0.05, 0) is 43.5 Å². The van der Waals surface area contributed by atoms with Crippen molar-refractivity contribution in [3.8, 4) is 12.1 Å². The van der Waals surface area contributed by atoms with E-state index in [1.54, 1.807) is 4.90 Å². The summed E-state index contributed by atoms with van der Waals surface area (Å²) in [5, 5.41) is 12.3. The van der Waals surface area contributed by atoms with Gasteiger partial charge in [0.1, 0.15) is 25.3 Å². The number of allylic oxidation sites excluding steroid dienone is 1. The number of ether oxygens (including phenoxy) is 1. The number of aromatic nitrogens is 2. The van der Waals surface area contributed by atoms with E-state index in [9.17, 15) is 18.8 Å². The van der Waals surface area contributed by atoms with Gasteiger partial charge in [0, 0.05) is 61.5 Å². The summed E-state index contributed by atoms with van der Waals surface area (Å²) >= 11 is 6.68. The Bertz CT molecular complexity index is 1630. The van der Waals surface area contributed by atoms with E-state index in [-0.39, 0.29) is 37.0 Å². The molecule has 9 nitrogen and oxygen atoms in total. The van der Waals surface area contributed by atoms with Gasteiger partial charge in [0.15, 0.2) is 0 Å². The third-order valence-corrected chi connectivity index (χ3v) is 9.29. The smallest absolute Gasteiger partial charge is 0.318 e. The fourth-order valence-electron chi connectivity index (χ4n) is 6.70. The van der Waals surface area contributed by atoms with Gasteiger partial charge in [-0.3, -0.25) is 9.69 Å². The number of hydrogen-bond donors (Lipinski definition) is 0. The number of nitrogens with zero attached hydrogens (tertiary/aromatic N) is 7. The van der Waals surface area contributed by atoms with Crippen molar-refractivity contribution in [1.29, 1.82) is 5.26 Å². The van der Waals surface area contributed by atoms with Crippen LogP contribution in [0.4, 0.5) is 20.3 Å². The molecule has 236 valence electrons. The number of piperazine rings is 1. The lowest BCUT2D eigenvalue weighted by Gasteiger charge is -2.42. The van der Waals surface area contributed by atoms with Crippen LogP contribution in [0.25, 0.3) is 10.8 Å². The third-order valence-electron chi connectivity index (χ3n) is 8.98. The van der Waals surface area contributed by atoms with Crippen LogP contribution < -0.4 is 14.5 Å². The van der Waals surface area contributed by atoms with Crippen LogP contribution in [0.1, 0.15) is 24.1 Å². The lowest BCUT2D eigenvalue weighted by atomic mass is 10.0. The van der Waals surface area contributed by atoms with Crippen LogP contribution >= 0.6 is 11.6 Å². The zero-order chi connectivity index (χ0) is 31.5. The summed E-state index contributed by atoms with van der Waals surface area (Å²) in [6.07, 6.45) is 2.73. The molecule has 0 radical (unpaired) electrons. The minimum atomic E-state index is -0.888. The number of anilines is 2. The van der Waals surface area contributed by atoms with Crippen molar-refractivity contribution in [1.82, 2.24) is 19.8 Å². The van der Waals surface area contributed by atoms with Crippen LogP contribution in [0.5, 0.6) is 6.01 Å². The number of nitriles is 1. The van der Waals surface area contributed by atoms with Crippen molar-refractivity contribution in [2.24, 2.45) is 0 Å². The van der Waals surface area contributed by atoms with E-state index in [1.807, 2.05) is 42.3 Å². The molecule has 3 aliphatic heterocycles. The highest BCUT2D eigenvalue weighted by Gasteiger charge is 2.34. The molecule has 3 atom stereocenters. The largest absolute Gasteiger partial charge is 0.462 e. The van der Waals surface area contributed by atoms with Crippen LogP contribution in [-0.2, 0) is 17.8 Å². The normalized spacial score (nSPS) is 22.2. The summed E-state index contributed by atoms with van der Waals surface area (Å²) in [6.45, 7) is 2.37. The molecule has 1 amide bonds. The topological polar surface area (TPSA) is 88.8 Å². The standard InChI is InChI=1S/C33H36ClF2N7O2/c1-40-18-23(36)17-25(40)21-45-33-38-28-20-41(29-8-3-6-22-5-2-7-27(34)31(22)29)14-11-26(28)32(39-33)42-15-16-43(24(19-42)10-13-37)30(44)9-4-12-35/h2-9,23-25H,10-12,14-21H2,1H3/b9-4+/t23-,24+,25+/m1/s1. The molecule has 0 bridgehead atoms. The second-order valence-electron chi connectivity index (χ2n) is 11.8. The van der Waals surface area contributed by atoms with E-state index in [0.29, 0.717) is 57.1 Å². The van der Waals surface area contributed by atoms with Crippen LogP contribution in [0.3, 0.4) is 0 Å². The number of likely N-dealkylation sites (N-methyl/N-ethyl adjacent to an activating group) is 1. The van der Waals surface area contributed by atoms with Gasteiger partial charge in [-0.15, -0.1) is 0 Å². The quantitative estimate of drug-likeness (QED) is 0.329. The molecule has 12 heteroatoms. The van der Waals surface area contributed by atoms with E-state index in [4.69, 9.17) is 26.3 Å². The Morgan fingerprint density at radius 1 is 1.13 bits per heavy atom. The van der Waals surface area contributed by atoms with E-state index in [1.165, 1.54) is 12.2 Å². The van der Waals surface area contributed by atoms with Crippen LogP contribution in [0.15, 0.2) is 48.6 Å². The number of amides is 1. The van der Waals surface area contributed by atoms with Gasteiger partial charge in [-0.2, -0.15) is 15.2 Å². The number of alkyl halides is 2. The van der Waals surface area contributed by atoms with Crippen molar-refractivity contribution in [2.75, 3.05) is 62.9 Å². The summed E-state index contributed by atoms with van der Waals surface area (Å²) in [7, 11) is 1.89. The third kappa shape index (κ3) is 6.53. The van der Waals surface area contributed by atoms with Crippen LogP contribution in [0, 0.1) is 11.3 Å². The highest BCUT2D eigenvalue weighted by atomic mass is 35.5. The summed E-state index contributed by atoms with van der Waals surface area (Å²) in [4.78, 5) is 30.5. The van der Waals surface area contributed by atoms with Crippen molar-refractivity contribution < 1.29 is 18.3 Å². The molecule has 0 aliphatic carbocycles. The molecule has 2 aromatic carbocycles. The number of carbonyl (C=O) groups excluding carboxylic acids is 1. The Kier molecular flexibility index (Phi) is 9.33. The molecule has 1 aromatic heterocycles. The summed E-state index contributed by atoms with van der Waals surface area (Å²) in [5.74, 6) is 0.417. The number of benzene rings is 2. The molecule has 0 N–H and O–H groups in total. The minimum absolute atomic E-state index is 0.0793. The van der Waals surface area contributed by atoms with Gasteiger partial charge < -0.3 is 19.4 Å². The first-order valence-corrected chi connectivity index (χ1v) is 15.7. The van der Waals surface area contributed by atoms with Gasteiger partial charge in [0.05, 0.1) is 35.8 Å². The fraction of sp³-hybridized carbons (Fsp3) is 0.455. The van der Waals surface area contributed by atoms with Crippen molar-refractivity contribution in [3.63, 3.8) is 0 Å². The van der Waals surface area contributed by atoms with E-state index in [0.717, 1.165) is 33.5 Å². The lowest BCUT2D eigenvalue weighted by molar-refractivity contribution is -0.128. The first kappa shape index (κ1) is 31.0. The number of likely N-dealkylation sites (tertiary alicyclic amines) is 1. The highest BCUT2D eigenvalue weighted by Crippen LogP contribution is 2.37. The number of rotatable bonds is 8. The van der Waals surface area contributed by atoms with Crippen molar-refractivity contribution in [2.45, 2.75) is 44.1 Å². The molecule has 2 fully saturated rings. The summed E-state index contributed by atoms with van der Waals surface area (Å²) in [5.41, 5.74) is 2.85. The molecule has 0 unspecified atom stereocenters. The molecule has 3 aliphatic rings. The maximum atomic E-state index is 14.1. The van der Waals surface area contributed by atoms with Gasteiger partial charge >= 0.3 is 6.01 Å². The maximum absolute atomic E-state index is 14.1. The fourth-order valence-corrected chi connectivity index (χ4v) is 6.97. The molecule has 45 heavy (non-hydrogen) atoms. The van der Waals surface area contributed by atoms with Gasteiger partial charge in [0.2, 0.25) is 5.91 Å². The van der Waals surface area contributed by atoms with E-state index < -0.39 is 12.8 Å². The molecule has 0 spiro atoms. The monoisotopic (exact) mass is 635 g/mol. The van der Waals surface area contributed by atoms with Gasteiger partial charge in [0.25, 0.3) is 0 Å². The number of fused-ring (bicyclic) bond motifs is 2. The SMILES string of the molecule is CN1C[C@H](F)C[C@H]1COc1nc2c(c(N3CCN(C(=O)/C=C/CF)[C@@H](CC#N)C3)n1)CCN(c1cccc3cccc(Cl)c13)C2. The number of halogens is 3. The summed E-state index contributed by atoms with van der Waals surface area (Å²) < 4.78 is 32.9. The molecular formula is C33H36ClF2N7O2. The van der Waals surface area contributed by atoms with E-state index in [2.05, 4.69) is 21.9 Å². The Hall–Kier alpha value is -4.01. The summed E-state index contributed by atoms with van der Waals surface area (Å²) in [6, 6.07) is 14.0. The number of carbonyl (C=O) groups is 1. The zero-order valence-corrected chi connectivity index (χ0v) is 26.0. The van der Waals surface area contributed by atoms with Gasteiger partial charge in [-0.1, -0.05) is 35.9 Å². The molecule has 2 saturated heterocycles. The Labute approximate surface area is 266 Å². The molecule has 6 rings (SSSR count). The average Bonchev–Trinajstić information content (AvgIpc) is 3.38. The highest BCUT2D eigenvalue weighted by molar-refractivity contribution is 6.36. The predicted octanol–water partition coefficient (Wildman–Crippen LogP) is 4.72. The first-order valence-electron chi connectivity index (χ1n) is 15.3. The zero-order valence-electron chi connectivity index (χ0n) is 25.2. The molecule has 4 heterocycles. The van der Waals surface area contributed by atoms with Crippen molar-refractivity contribution >= 4 is 39.8 Å². The Morgan fingerprint density at radius 2 is 1.96 bits per heavy atom. The van der Waals surface area contributed by atoms with Crippen molar-refractivity contribution in [3.05, 3.63) is 64.8 Å². The Morgan fingerprint density at radius 3 is 2.71 bits per heavy atom. The molecular weight excluding hydrogens is 600 g/mol. The predicted molar refractivity (Wildman–Crippen MR) is 170 cm³/mol. The second kappa shape index (κ2) is 13.5. The minimum Gasteiger partial charge on any atom is -0.462 e. The lowest BCUT2D eigenvalue weighted by Crippen LogP contribution is -2.55. The van der Waals surface area contributed by atoms with Crippen LogP contribution in [-0.4, -0.2) is 97.0 Å². The first-order chi connectivity index (χ1) is 21.9. The number of hydrogen-bond acceptors (Lipinski definition) is 8. The second-order valence-corrected chi connectivity index (χ2v) is 12.2.